The smallest absolute Gasteiger partial charge is 0.288 e. The van der Waals surface area contributed by atoms with Crippen LogP contribution in [0.5, 0.6) is 11.5 Å². The first kappa shape index (κ1) is 26.5. The number of aliphatic hydroxyl groups is 1. The van der Waals surface area contributed by atoms with E-state index >= 15 is 0 Å². The maximum atomic E-state index is 13.7. The molecule has 9 heteroatoms. The quantitative estimate of drug-likeness (QED) is 0.534. The molecular formula is C29H35FN2O6. The van der Waals surface area contributed by atoms with Gasteiger partial charge in [-0.1, -0.05) is 18.2 Å². The Kier molecular flexibility index (Phi) is 8.46. The third-order valence-electron chi connectivity index (χ3n) is 7.38. The lowest BCUT2D eigenvalue weighted by Gasteiger charge is -2.39. The molecule has 2 aromatic rings. The number of amides is 1. The zero-order valence-electron chi connectivity index (χ0n) is 21.7. The first-order valence-corrected chi connectivity index (χ1v) is 13.3. The number of hydrogen-bond acceptors (Lipinski definition) is 7. The lowest BCUT2D eigenvalue weighted by molar-refractivity contribution is -0.171. The van der Waals surface area contributed by atoms with Gasteiger partial charge in [0.2, 0.25) is 13.1 Å². The summed E-state index contributed by atoms with van der Waals surface area (Å²) in [5.74, 6) is 1.03. The Morgan fingerprint density at radius 2 is 1.84 bits per heavy atom. The summed E-state index contributed by atoms with van der Waals surface area (Å²) < 4.78 is 36.6. The highest BCUT2D eigenvalue weighted by Crippen LogP contribution is 2.40. The molecule has 0 unspecified atom stereocenters. The van der Waals surface area contributed by atoms with Gasteiger partial charge in [-0.15, -0.1) is 0 Å². The molecule has 2 aromatic carbocycles. The van der Waals surface area contributed by atoms with Gasteiger partial charge in [0.15, 0.2) is 17.3 Å². The van der Waals surface area contributed by atoms with Crippen LogP contribution < -0.4 is 9.47 Å². The van der Waals surface area contributed by atoms with Gasteiger partial charge in [0.1, 0.15) is 5.82 Å². The molecule has 0 aliphatic carbocycles. The molecule has 5 rings (SSSR count). The molecule has 3 aliphatic heterocycles. The lowest BCUT2D eigenvalue weighted by Crippen LogP contribution is -2.49. The lowest BCUT2D eigenvalue weighted by atomic mass is 9.80. The Morgan fingerprint density at radius 1 is 1.08 bits per heavy atom. The number of halogens is 1. The van der Waals surface area contributed by atoms with E-state index in [0.717, 1.165) is 42.3 Å². The van der Waals surface area contributed by atoms with Crippen LogP contribution in [0.4, 0.5) is 4.39 Å². The minimum absolute atomic E-state index is 0.0531. The van der Waals surface area contributed by atoms with Crippen LogP contribution in [0.15, 0.2) is 54.3 Å². The van der Waals surface area contributed by atoms with Gasteiger partial charge >= 0.3 is 0 Å². The Morgan fingerprint density at radius 3 is 2.58 bits per heavy atom. The van der Waals surface area contributed by atoms with Crippen LogP contribution in [0, 0.1) is 11.7 Å². The minimum Gasteiger partial charge on any atom is -0.459 e. The first-order valence-electron chi connectivity index (χ1n) is 13.3. The van der Waals surface area contributed by atoms with Crippen LogP contribution in [-0.4, -0.2) is 73.3 Å². The van der Waals surface area contributed by atoms with Crippen LogP contribution in [0.1, 0.15) is 36.8 Å². The maximum absolute atomic E-state index is 13.7. The van der Waals surface area contributed by atoms with E-state index in [2.05, 4.69) is 4.90 Å². The van der Waals surface area contributed by atoms with Gasteiger partial charge in [-0.05, 0) is 61.2 Å². The van der Waals surface area contributed by atoms with Crippen LogP contribution in [0.2, 0.25) is 0 Å². The highest BCUT2D eigenvalue weighted by atomic mass is 19.1. The highest BCUT2D eigenvalue weighted by Gasteiger charge is 2.39. The molecule has 3 atom stereocenters. The third-order valence-corrected chi connectivity index (χ3v) is 7.38. The van der Waals surface area contributed by atoms with Crippen LogP contribution in [0.25, 0.3) is 0 Å². The fourth-order valence-corrected chi connectivity index (χ4v) is 5.38. The maximum Gasteiger partial charge on any atom is 0.288 e. The number of aliphatic hydroxyl groups excluding tert-OH is 1. The second kappa shape index (κ2) is 12.1. The summed E-state index contributed by atoms with van der Waals surface area (Å²) in [5.41, 5.74) is 2.03. The van der Waals surface area contributed by atoms with E-state index in [1.54, 1.807) is 12.1 Å². The van der Waals surface area contributed by atoms with Crippen molar-refractivity contribution in [3.63, 3.8) is 0 Å². The van der Waals surface area contributed by atoms with E-state index in [1.807, 2.05) is 36.1 Å². The van der Waals surface area contributed by atoms with Crippen LogP contribution in [0.3, 0.4) is 0 Å². The summed E-state index contributed by atoms with van der Waals surface area (Å²) in [6.07, 6.45) is 2.46. The summed E-state index contributed by atoms with van der Waals surface area (Å²) >= 11 is 0. The molecule has 0 saturated carbocycles. The standard InChI is InChI=1S/C29H35FN2O6/c1-2-35-29-23(4-3-15-33)24(21-6-8-22(30)9-7-21)17-27(38-29)28(34)32-13-11-31(12-14-32)18-20-5-10-25-26(16-20)37-19-36-25/h5-10,16-17,23-24,29,33H,2-4,11-15,18-19H2,1H3/t23-,24+,29+/m0/s1. The summed E-state index contributed by atoms with van der Waals surface area (Å²) in [6, 6.07) is 12.3. The van der Waals surface area contributed by atoms with Crippen molar-refractivity contribution in [2.75, 3.05) is 46.2 Å². The zero-order chi connectivity index (χ0) is 26.5. The summed E-state index contributed by atoms with van der Waals surface area (Å²) in [4.78, 5) is 17.7. The third kappa shape index (κ3) is 5.95. The fraction of sp³-hybridized carbons (Fsp3) is 0.483. The van der Waals surface area contributed by atoms with Crippen molar-refractivity contribution in [2.45, 2.75) is 38.5 Å². The monoisotopic (exact) mass is 526 g/mol. The van der Waals surface area contributed by atoms with Gasteiger partial charge < -0.3 is 29.0 Å². The number of ether oxygens (including phenoxy) is 4. The van der Waals surface area contributed by atoms with Crippen molar-refractivity contribution in [1.29, 1.82) is 0 Å². The molecule has 3 aliphatic rings. The Bertz CT molecular complexity index is 1130. The molecular weight excluding hydrogens is 491 g/mol. The first-order chi connectivity index (χ1) is 18.6. The zero-order valence-corrected chi connectivity index (χ0v) is 21.7. The van der Waals surface area contributed by atoms with Crippen molar-refractivity contribution in [3.8, 4) is 11.5 Å². The number of rotatable bonds is 9. The number of benzene rings is 2. The minimum atomic E-state index is -0.627. The second-order valence-corrected chi connectivity index (χ2v) is 9.84. The van der Waals surface area contributed by atoms with E-state index in [4.69, 9.17) is 18.9 Å². The number of fused-ring (bicyclic) bond motifs is 1. The Hall–Kier alpha value is -3.14. The SMILES string of the molecule is CCO[C@@H]1OC(C(=O)N2CCN(Cc3ccc4c(c3)OCO4)CC2)=C[C@H](c2ccc(F)cc2)[C@@H]1CCCO. The topological polar surface area (TPSA) is 80.7 Å². The summed E-state index contributed by atoms with van der Waals surface area (Å²) in [7, 11) is 0. The van der Waals surface area contributed by atoms with Gasteiger partial charge in [-0.25, -0.2) is 4.39 Å². The van der Waals surface area contributed by atoms with E-state index in [1.165, 1.54) is 12.1 Å². The number of nitrogens with zero attached hydrogens (tertiary/aromatic N) is 2. The molecule has 0 spiro atoms. The molecule has 1 fully saturated rings. The van der Waals surface area contributed by atoms with Gasteiger partial charge in [0, 0.05) is 57.8 Å². The normalized spacial score (nSPS) is 23.2. The molecule has 8 nitrogen and oxygen atoms in total. The number of carbonyl (C=O) groups is 1. The van der Waals surface area contributed by atoms with Gasteiger partial charge in [0.25, 0.3) is 5.91 Å². The van der Waals surface area contributed by atoms with Gasteiger partial charge in [-0.3, -0.25) is 9.69 Å². The largest absolute Gasteiger partial charge is 0.459 e. The summed E-state index contributed by atoms with van der Waals surface area (Å²) in [6.45, 7) is 6.03. The molecule has 1 saturated heterocycles. The van der Waals surface area contributed by atoms with Crippen molar-refractivity contribution in [2.24, 2.45) is 5.92 Å². The van der Waals surface area contributed by atoms with Crippen LogP contribution >= 0.6 is 0 Å². The van der Waals surface area contributed by atoms with E-state index in [-0.39, 0.29) is 42.7 Å². The number of piperazine rings is 1. The Labute approximate surface area is 222 Å². The van der Waals surface area contributed by atoms with Gasteiger partial charge in [-0.2, -0.15) is 0 Å². The molecule has 0 radical (unpaired) electrons. The number of allylic oxidation sites excluding steroid dienone is 1. The van der Waals surface area contributed by atoms with Crippen molar-refractivity contribution in [1.82, 2.24) is 9.80 Å². The average molecular weight is 527 g/mol. The molecule has 3 heterocycles. The molecule has 38 heavy (non-hydrogen) atoms. The molecule has 1 amide bonds. The van der Waals surface area contributed by atoms with E-state index in [0.29, 0.717) is 32.5 Å². The van der Waals surface area contributed by atoms with Crippen molar-refractivity contribution in [3.05, 3.63) is 71.2 Å². The predicted octanol–water partition coefficient (Wildman–Crippen LogP) is 3.65. The molecule has 204 valence electrons. The number of carbonyl (C=O) groups excluding carboxylic acids is 1. The molecule has 0 bridgehead atoms. The number of hydrogen-bond donors (Lipinski definition) is 1. The van der Waals surface area contributed by atoms with Crippen LogP contribution in [-0.2, 0) is 20.8 Å². The average Bonchev–Trinajstić information content (AvgIpc) is 3.41. The fourth-order valence-electron chi connectivity index (χ4n) is 5.38. The molecule has 1 N–H and O–H groups in total. The second-order valence-electron chi connectivity index (χ2n) is 9.84. The summed E-state index contributed by atoms with van der Waals surface area (Å²) in [5, 5.41) is 9.45. The van der Waals surface area contributed by atoms with Gasteiger partial charge in [0.05, 0.1) is 0 Å². The van der Waals surface area contributed by atoms with Crippen molar-refractivity contribution < 1.29 is 33.2 Å². The Balaban J connectivity index is 1.28. The molecule has 0 aromatic heterocycles. The van der Waals surface area contributed by atoms with Crippen molar-refractivity contribution >= 4 is 5.91 Å². The van der Waals surface area contributed by atoms with E-state index in [9.17, 15) is 14.3 Å². The highest BCUT2D eigenvalue weighted by molar-refractivity contribution is 5.92. The van der Waals surface area contributed by atoms with E-state index < -0.39 is 6.29 Å². The predicted molar refractivity (Wildman–Crippen MR) is 138 cm³/mol.